The number of hydrogen-bond donors (Lipinski definition) is 1. The van der Waals surface area contributed by atoms with Gasteiger partial charge in [0.1, 0.15) is 18.0 Å². The average molecular weight is 715 g/mol. The third-order valence-corrected chi connectivity index (χ3v) is 8.27. The molecule has 1 aliphatic rings. The maximum Gasteiger partial charge on any atom is 0.303 e. The molecule has 0 amide bonds. The molecule has 0 saturated carbocycles. The summed E-state index contributed by atoms with van der Waals surface area (Å²) in [5.41, 5.74) is 6.02. The van der Waals surface area contributed by atoms with Crippen LogP contribution in [0, 0.1) is 47.9 Å². The van der Waals surface area contributed by atoms with Gasteiger partial charge in [0, 0.05) is 17.2 Å². The predicted molar refractivity (Wildman–Crippen MR) is 191 cm³/mol. The van der Waals surface area contributed by atoms with Gasteiger partial charge < -0.3 is 28.8 Å². The Morgan fingerprint density at radius 2 is 1.13 bits per heavy atom. The molecule has 0 aliphatic carbocycles. The summed E-state index contributed by atoms with van der Waals surface area (Å²) in [6.07, 6.45) is -0.858. The van der Waals surface area contributed by atoms with Crippen LogP contribution in [0.3, 0.4) is 0 Å². The van der Waals surface area contributed by atoms with Gasteiger partial charge in [-0.2, -0.15) is 5.11 Å². The first-order valence-electron chi connectivity index (χ1n) is 16.8. The van der Waals surface area contributed by atoms with Crippen molar-refractivity contribution in [3.05, 3.63) is 131 Å². The van der Waals surface area contributed by atoms with E-state index in [9.17, 15) is 25.3 Å². The minimum atomic E-state index is -0.760. The highest BCUT2D eigenvalue weighted by molar-refractivity contribution is 5.62. The summed E-state index contributed by atoms with van der Waals surface area (Å²) in [5, 5.41) is 42.6. The molecule has 0 fully saturated rings. The third-order valence-electron chi connectivity index (χ3n) is 8.27. The van der Waals surface area contributed by atoms with Crippen LogP contribution >= 0.6 is 0 Å². The molecule has 1 heterocycles. The van der Waals surface area contributed by atoms with E-state index < -0.39 is 33.4 Å². The molecular weight excluding hydrogens is 672 g/mol. The van der Waals surface area contributed by atoms with Crippen molar-refractivity contribution in [2.24, 2.45) is 10.2 Å². The Hall–Kier alpha value is -5.12. The molecule has 0 aromatic heterocycles. The van der Waals surface area contributed by atoms with Crippen LogP contribution in [-0.4, -0.2) is 54.6 Å². The summed E-state index contributed by atoms with van der Waals surface area (Å²) in [5.74, 6) is -0.0671. The summed E-state index contributed by atoms with van der Waals surface area (Å²) in [4.78, 5) is 21.4. The summed E-state index contributed by atoms with van der Waals surface area (Å²) >= 11 is 0. The van der Waals surface area contributed by atoms with Crippen LogP contribution in [-0.2, 0) is 36.9 Å². The molecular formula is C38H42N4O10. The molecule has 14 nitrogen and oxygen atoms in total. The first-order valence-corrected chi connectivity index (χ1v) is 16.8. The molecule has 1 aliphatic heterocycles. The lowest BCUT2D eigenvalue weighted by atomic mass is 10.0. The van der Waals surface area contributed by atoms with Crippen LogP contribution in [0.5, 0.6) is 5.75 Å². The van der Waals surface area contributed by atoms with E-state index in [-0.39, 0.29) is 43.6 Å². The van der Waals surface area contributed by atoms with Crippen LogP contribution in [0.2, 0.25) is 0 Å². The number of aromatic hydroxyl groups is 1. The number of fused-ring (bicyclic) bond motifs is 2. The molecule has 4 aromatic carbocycles. The zero-order chi connectivity index (χ0) is 37.2. The summed E-state index contributed by atoms with van der Waals surface area (Å²) in [6.45, 7) is 9.63. The lowest BCUT2D eigenvalue weighted by Gasteiger charge is -2.22. The zero-order valence-corrected chi connectivity index (χ0v) is 29.6. The Morgan fingerprint density at radius 3 is 1.60 bits per heavy atom. The van der Waals surface area contributed by atoms with E-state index in [1.807, 2.05) is 52.0 Å². The molecule has 1 unspecified atom stereocenters. The number of phenolic OH excluding ortho intramolecular Hbond substituents is 1. The molecule has 0 saturated heterocycles. The highest BCUT2D eigenvalue weighted by Gasteiger charge is 2.21. The SMILES string of the molecule is Cc1cc(C)cc(C2COCc3cc(N=Nc4ccc([N+](=O)[O-])cc4[N+](=O)[O-])cc(c3O)COC[C@H](c3cc(C)cc(C)c3)OCCOCCO2)c1. The first kappa shape index (κ1) is 38.1. The van der Waals surface area contributed by atoms with Gasteiger partial charge in [0.2, 0.25) is 0 Å². The fourth-order valence-corrected chi connectivity index (χ4v) is 6.01. The van der Waals surface area contributed by atoms with Gasteiger partial charge in [-0.05, 0) is 57.0 Å². The van der Waals surface area contributed by atoms with Crippen LogP contribution < -0.4 is 0 Å². The number of rotatable bonds is 6. The number of benzene rings is 4. The van der Waals surface area contributed by atoms with E-state index in [1.165, 1.54) is 0 Å². The highest BCUT2D eigenvalue weighted by atomic mass is 16.6. The molecule has 274 valence electrons. The number of hydrogen-bond acceptors (Lipinski definition) is 12. The average Bonchev–Trinajstić information content (AvgIpc) is 3.08. The lowest BCUT2D eigenvalue weighted by molar-refractivity contribution is -0.393. The molecule has 4 aromatic rings. The fraction of sp³-hybridized carbons (Fsp3) is 0.368. The van der Waals surface area contributed by atoms with Crippen molar-refractivity contribution in [2.75, 3.05) is 39.6 Å². The number of phenols is 1. The number of non-ortho nitro benzene ring substituents is 1. The Bertz CT molecular complexity index is 1800. The van der Waals surface area contributed by atoms with Crippen molar-refractivity contribution in [3.63, 3.8) is 0 Å². The van der Waals surface area contributed by atoms with Crippen molar-refractivity contribution in [3.8, 4) is 5.75 Å². The monoisotopic (exact) mass is 714 g/mol. The van der Waals surface area contributed by atoms with Gasteiger partial charge in [0.05, 0.1) is 74.5 Å². The normalized spacial score (nSPS) is 18.1. The molecule has 1 N–H and O–H groups in total. The van der Waals surface area contributed by atoms with Gasteiger partial charge in [-0.15, -0.1) is 5.11 Å². The zero-order valence-electron chi connectivity index (χ0n) is 29.6. The van der Waals surface area contributed by atoms with Crippen LogP contribution in [0.1, 0.15) is 56.7 Å². The Kier molecular flexibility index (Phi) is 13.1. The van der Waals surface area contributed by atoms with E-state index in [1.54, 1.807) is 12.1 Å². The third kappa shape index (κ3) is 10.5. The van der Waals surface area contributed by atoms with Gasteiger partial charge in [0.25, 0.3) is 5.69 Å². The first-order chi connectivity index (χ1) is 25.0. The smallest absolute Gasteiger partial charge is 0.303 e. The van der Waals surface area contributed by atoms with Gasteiger partial charge in [-0.25, -0.2) is 0 Å². The minimum absolute atomic E-state index is 0.0324. The lowest BCUT2D eigenvalue weighted by Crippen LogP contribution is -2.18. The number of aryl methyl sites for hydroxylation is 4. The number of azo groups is 1. The van der Waals surface area contributed by atoms with E-state index >= 15 is 0 Å². The standard InChI is InChI=1S/C38H42N4O10/c1-24-11-25(2)14-28(13-24)36-22-49-20-30-17-32(39-40-34-6-5-33(41(44)45)19-35(34)42(46)47)18-31(38(30)43)21-50-23-37(52-10-8-48-7-9-51-36)29-15-26(3)12-27(4)16-29/h5-6,11-19,36-37,43H,7-10,20-23H2,1-4H3/t36-,37?/m1/s1. The van der Waals surface area contributed by atoms with Crippen molar-refractivity contribution in [1.29, 1.82) is 0 Å². The highest BCUT2D eigenvalue weighted by Crippen LogP contribution is 2.35. The number of ether oxygens (including phenoxy) is 5. The second-order valence-electron chi connectivity index (χ2n) is 12.7. The van der Waals surface area contributed by atoms with Gasteiger partial charge >= 0.3 is 5.69 Å². The second-order valence-corrected chi connectivity index (χ2v) is 12.7. The van der Waals surface area contributed by atoms with Crippen LogP contribution in [0.25, 0.3) is 0 Å². The number of nitro benzene ring substituents is 2. The largest absolute Gasteiger partial charge is 0.507 e. The maximum atomic E-state index is 11.7. The van der Waals surface area contributed by atoms with E-state index in [2.05, 4.69) is 22.4 Å². The number of nitro groups is 2. The number of nitrogens with zero attached hydrogens (tertiary/aromatic N) is 4. The molecule has 5 rings (SSSR count). The molecule has 2 bridgehead atoms. The van der Waals surface area contributed by atoms with E-state index in [0.29, 0.717) is 37.6 Å². The van der Waals surface area contributed by atoms with Crippen LogP contribution in [0.4, 0.5) is 22.7 Å². The molecule has 52 heavy (non-hydrogen) atoms. The molecule has 2 atom stereocenters. The topological polar surface area (TPSA) is 177 Å². The second kappa shape index (κ2) is 17.9. The van der Waals surface area contributed by atoms with Gasteiger partial charge in [-0.1, -0.05) is 58.7 Å². The molecule has 14 heteroatoms. The Morgan fingerprint density at radius 1 is 0.635 bits per heavy atom. The van der Waals surface area contributed by atoms with Crippen molar-refractivity contribution < 1.29 is 38.6 Å². The van der Waals surface area contributed by atoms with Crippen molar-refractivity contribution in [2.45, 2.75) is 53.1 Å². The van der Waals surface area contributed by atoms with Crippen LogP contribution in [0.15, 0.2) is 77.0 Å². The fourth-order valence-electron chi connectivity index (χ4n) is 6.01. The van der Waals surface area contributed by atoms with Crippen molar-refractivity contribution >= 4 is 22.7 Å². The quantitative estimate of drug-likeness (QED) is 0.116. The minimum Gasteiger partial charge on any atom is -0.507 e. The Balaban J connectivity index is 1.47. The van der Waals surface area contributed by atoms with Gasteiger partial charge in [0.15, 0.2) is 5.69 Å². The van der Waals surface area contributed by atoms with Gasteiger partial charge in [-0.3, -0.25) is 20.2 Å². The Labute approximate surface area is 301 Å². The van der Waals surface area contributed by atoms with E-state index in [0.717, 1.165) is 51.6 Å². The summed E-state index contributed by atoms with van der Waals surface area (Å²) in [7, 11) is 0. The summed E-state index contributed by atoms with van der Waals surface area (Å²) < 4.78 is 30.6. The predicted octanol–water partition coefficient (Wildman–Crippen LogP) is 8.44. The molecule has 0 radical (unpaired) electrons. The molecule has 0 spiro atoms. The maximum absolute atomic E-state index is 11.7. The summed E-state index contributed by atoms with van der Waals surface area (Å²) in [6, 6.07) is 18.5. The van der Waals surface area contributed by atoms with Crippen molar-refractivity contribution in [1.82, 2.24) is 0 Å². The van der Waals surface area contributed by atoms with E-state index in [4.69, 9.17) is 23.7 Å².